The number of para-hydroxylation sites is 2. The van der Waals surface area contributed by atoms with Crippen molar-refractivity contribution >= 4 is 50.8 Å². The molecule has 0 radical (unpaired) electrons. The first kappa shape index (κ1) is 21.5. The van der Waals surface area contributed by atoms with Gasteiger partial charge in [-0.25, -0.2) is 0 Å². The Bertz CT molecular complexity index is 1800. The van der Waals surface area contributed by atoms with E-state index < -0.39 is 0 Å². The summed E-state index contributed by atoms with van der Waals surface area (Å²) in [6.07, 6.45) is 0. The van der Waals surface area contributed by atoms with Crippen molar-refractivity contribution in [3.8, 4) is 33.1 Å². The smallest absolute Gasteiger partial charge is 0.268 e. The zero-order chi connectivity index (χ0) is 25.1. The Morgan fingerprint density at radius 3 is 1.97 bits per heavy atom. The molecule has 0 aliphatic carbocycles. The lowest BCUT2D eigenvalue weighted by Gasteiger charge is -2.39. The van der Waals surface area contributed by atoms with Crippen molar-refractivity contribution in [1.82, 2.24) is 0 Å². The molecule has 0 bridgehead atoms. The minimum atomic E-state index is 0.103. The molecule has 8 rings (SSSR count). The standard InChI is InChI=1S/C34H22BNOS/c1-4-13-23(14-5-1)30-32-34(38-33(30)24-15-6-2-7-16-24)35-26-19-10-11-20-27(26)36(25-17-8-3-9-18-25)28-21-12-22-29(37-32)31(28)35/h1-22H. The van der Waals surface area contributed by atoms with E-state index in [0.717, 1.165) is 17.2 Å². The summed E-state index contributed by atoms with van der Waals surface area (Å²) >= 11 is 1.87. The van der Waals surface area contributed by atoms with Crippen molar-refractivity contribution in [2.75, 3.05) is 4.90 Å². The number of nitrogens with zero attached hydrogens (tertiary/aromatic N) is 1. The van der Waals surface area contributed by atoms with E-state index in [4.69, 9.17) is 4.74 Å². The number of thiophene rings is 1. The van der Waals surface area contributed by atoms with E-state index in [0.29, 0.717) is 0 Å². The number of ether oxygens (including phenoxy) is 1. The zero-order valence-corrected chi connectivity index (χ0v) is 21.4. The van der Waals surface area contributed by atoms with Gasteiger partial charge in [-0.15, -0.1) is 11.3 Å². The van der Waals surface area contributed by atoms with Crippen LogP contribution in [0.25, 0.3) is 21.6 Å². The molecule has 178 valence electrons. The van der Waals surface area contributed by atoms with Crippen molar-refractivity contribution in [3.05, 3.63) is 133 Å². The predicted octanol–water partition coefficient (Wildman–Crippen LogP) is 7.49. The first-order chi connectivity index (χ1) is 18.9. The van der Waals surface area contributed by atoms with Gasteiger partial charge in [0, 0.05) is 32.3 Å². The quantitative estimate of drug-likeness (QED) is 0.232. The summed E-state index contributed by atoms with van der Waals surface area (Å²) in [5.41, 5.74) is 9.67. The van der Waals surface area contributed by atoms with E-state index in [1.807, 2.05) is 11.3 Å². The van der Waals surface area contributed by atoms with Crippen molar-refractivity contribution in [3.63, 3.8) is 0 Å². The Hall–Kier alpha value is -4.54. The monoisotopic (exact) mass is 503 g/mol. The molecule has 0 atom stereocenters. The molecule has 38 heavy (non-hydrogen) atoms. The summed E-state index contributed by atoms with van der Waals surface area (Å²) < 4.78 is 8.16. The van der Waals surface area contributed by atoms with Crippen LogP contribution in [0.4, 0.5) is 17.1 Å². The van der Waals surface area contributed by atoms with Gasteiger partial charge in [0.05, 0.1) is 0 Å². The van der Waals surface area contributed by atoms with Gasteiger partial charge in [-0.2, -0.15) is 0 Å². The molecule has 6 aromatic rings. The average molecular weight is 503 g/mol. The molecule has 2 nitrogen and oxygen atoms in total. The van der Waals surface area contributed by atoms with Gasteiger partial charge in [-0.1, -0.05) is 103 Å². The minimum Gasteiger partial charge on any atom is -0.457 e. The van der Waals surface area contributed by atoms with Gasteiger partial charge >= 0.3 is 0 Å². The topological polar surface area (TPSA) is 12.5 Å². The van der Waals surface area contributed by atoms with E-state index in [9.17, 15) is 0 Å². The third-order valence-corrected chi connectivity index (χ3v) is 8.82. The fourth-order valence-corrected chi connectivity index (χ4v) is 7.33. The molecule has 0 saturated carbocycles. The summed E-state index contributed by atoms with van der Waals surface area (Å²) in [5, 5.41) is 0. The van der Waals surface area contributed by atoms with Crippen molar-refractivity contribution in [2.24, 2.45) is 0 Å². The van der Waals surface area contributed by atoms with Crippen molar-refractivity contribution < 1.29 is 4.74 Å². The third-order valence-electron chi connectivity index (χ3n) is 7.54. The van der Waals surface area contributed by atoms with E-state index in [-0.39, 0.29) is 6.71 Å². The number of anilines is 3. The second-order valence-corrected chi connectivity index (χ2v) is 10.7. The van der Waals surface area contributed by atoms with Gasteiger partial charge in [-0.3, -0.25) is 0 Å². The average Bonchev–Trinajstić information content (AvgIpc) is 3.38. The molecular weight excluding hydrogens is 481 g/mol. The van der Waals surface area contributed by atoms with Crippen molar-refractivity contribution in [1.29, 1.82) is 0 Å². The van der Waals surface area contributed by atoms with Crippen LogP contribution in [0, 0.1) is 0 Å². The maximum absolute atomic E-state index is 6.89. The molecule has 4 heteroatoms. The van der Waals surface area contributed by atoms with Gasteiger partial charge in [-0.05, 0) is 52.4 Å². The Kier molecular flexibility index (Phi) is 4.82. The maximum Gasteiger partial charge on any atom is 0.268 e. The van der Waals surface area contributed by atoms with Crippen LogP contribution in [0.3, 0.4) is 0 Å². The van der Waals surface area contributed by atoms with Gasteiger partial charge < -0.3 is 9.64 Å². The number of benzene rings is 5. The van der Waals surface area contributed by atoms with Crippen LogP contribution in [-0.2, 0) is 0 Å². The summed E-state index contributed by atoms with van der Waals surface area (Å²) in [7, 11) is 0. The van der Waals surface area contributed by atoms with Gasteiger partial charge in [0.2, 0.25) is 0 Å². The summed E-state index contributed by atoms with van der Waals surface area (Å²) in [5.74, 6) is 1.92. The van der Waals surface area contributed by atoms with Crippen LogP contribution in [0.2, 0.25) is 0 Å². The molecule has 0 saturated heterocycles. The SMILES string of the molecule is c1ccc(-c2sc3c(c2-c2ccccc2)Oc2cccc4c2B3c2ccccc2N4c2ccccc2)cc1. The highest BCUT2D eigenvalue weighted by Crippen LogP contribution is 2.48. The van der Waals surface area contributed by atoms with Crippen molar-refractivity contribution in [2.45, 2.75) is 0 Å². The fourth-order valence-electron chi connectivity index (χ4n) is 5.95. The van der Waals surface area contributed by atoms with E-state index in [2.05, 4.69) is 138 Å². The number of rotatable bonds is 3. The van der Waals surface area contributed by atoms with Crippen LogP contribution in [0.15, 0.2) is 133 Å². The van der Waals surface area contributed by atoms with E-state index >= 15 is 0 Å². The largest absolute Gasteiger partial charge is 0.457 e. The minimum absolute atomic E-state index is 0.103. The van der Waals surface area contributed by atoms with E-state index in [1.54, 1.807) is 0 Å². The first-order valence-corrected chi connectivity index (χ1v) is 13.7. The highest BCUT2D eigenvalue weighted by Gasteiger charge is 2.44. The second kappa shape index (κ2) is 8.51. The second-order valence-electron chi connectivity index (χ2n) is 9.69. The van der Waals surface area contributed by atoms with Crippen LogP contribution in [-0.4, -0.2) is 6.71 Å². The lowest BCUT2D eigenvalue weighted by Crippen LogP contribution is -2.58. The normalized spacial score (nSPS) is 12.8. The summed E-state index contributed by atoms with van der Waals surface area (Å²) in [6, 6.07) is 47.3. The van der Waals surface area contributed by atoms with Crippen LogP contribution in [0.5, 0.6) is 11.5 Å². The third kappa shape index (κ3) is 3.14. The Labute approximate surface area is 226 Å². The highest BCUT2D eigenvalue weighted by atomic mass is 32.1. The fraction of sp³-hybridized carbons (Fsp3) is 0. The molecule has 0 fully saturated rings. The summed E-state index contributed by atoms with van der Waals surface area (Å²) in [6.45, 7) is 0.103. The van der Waals surface area contributed by atoms with Gasteiger partial charge in [0.15, 0.2) is 0 Å². The zero-order valence-electron chi connectivity index (χ0n) is 20.5. The van der Waals surface area contributed by atoms with Crippen LogP contribution >= 0.6 is 11.3 Å². The molecule has 5 aromatic carbocycles. The number of fused-ring (bicyclic) bond motifs is 4. The van der Waals surface area contributed by atoms with Crippen LogP contribution in [0.1, 0.15) is 0 Å². The molecule has 0 unspecified atom stereocenters. The Balaban J connectivity index is 1.43. The molecule has 0 N–H and O–H groups in total. The molecule has 0 amide bonds. The Morgan fingerprint density at radius 2 is 1.21 bits per heavy atom. The lowest BCUT2D eigenvalue weighted by molar-refractivity contribution is 0.491. The molecule has 0 spiro atoms. The highest BCUT2D eigenvalue weighted by molar-refractivity contribution is 7.31. The van der Waals surface area contributed by atoms with E-state index in [1.165, 1.54) is 48.6 Å². The molecule has 2 aliphatic rings. The number of hydrogen-bond acceptors (Lipinski definition) is 3. The first-order valence-electron chi connectivity index (χ1n) is 12.9. The van der Waals surface area contributed by atoms with Crippen LogP contribution < -0.4 is 25.3 Å². The lowest BCUT2D eigenvalue weighted by atomic mass is 9.37. The molecule has 3 heterocycles. The predicted molar refractivity (Wildman–Crippen MR) is 161 cm³/mol. The molecule has 1 aromatic heterocycles. The number of hydrogen-bond donors (Lipinski definition) is 0. The van der Waals surface area contributed by atoms with Gasteiger partial charge in [0.1, 0.15) is 11.5 Å². The molecular formula is C34H22BNOS. The van der Waals surface area contributed by atoms with Gasteiger partial charge in [0.25, 0.3) is 6.71 Å². The summed E-state index contributed by atoms with van der Waals surface area (Å²) in [4.78, 5) is 3.63. The Morgan fingerprint density at radius 1 is 0.579 bits per heavy atom. The maximum atomic E-state index is 6.89. The molecule has 2 aliphatic heterocycles.